The Hall–Kier alpha value is -2.35. The summed E-state index contributed by atoms with van der Waals surface area (Å²) in [6.45, 7) is 0. The maximum atomic E-state index is 13.7. The van der Waals surface area contributed by atoms with E-state index in [0.717, 1.165) is 13.2 Å². The molecule has 1 heterocycles. The summed E-state index contributed by atoms with van der Waals surface area (Å²) in [5.74, 6) is -2.81. The smallest absolute Gasteiger partial charge is 0.352 e. The molecule has 0 spiro atoms. The van der Waals surface area contributed by atoms with Gasteiger partial charge in [0, 0.05) is 7.05 Å². The van der Waals surface area contributed by atoms with Gasteiger partial charge >= 0.3 is 5.69 Å². The number of aromatic nitrogens is 3. The summed E-state index contributed by atoms with van der Waals surface area (Å²) in [4.78, 5) is 22.9. The van der Waals surface area contributed by atoms with Crippen LogP contribution in [0.2, 0.25) is 5.02 Å². The van der Waals surface area contributed by atoms with Crippen LogP contribution in [-0.4, -0.2) is 24.6 Å². The van der Waals surface area contributed by atoms with E-state index in [0.29, 0.717) is 15.3 Å². The molecule has 0 saturated carbocycles. The fourth-order valence-corrected chi connectivity index (χ4v) is 1.61. The van der Waals surface area contributed by atoms with Crippen molar-refractivity contribution in [2.24, 2.45) is 7.05 Å². The minimum absolute atomic E-state index is 0.420. The number of hydrogen-bond acceptors (Lipinski definition) is 5. The van der Waals surface area contributed by atoms with Gasteiger partial charge in [0.1, 0.15) is 6.20 Å². The van der Waals surface area contributed by atoms with Crippen molar-refractivity contribution in [3.63, 3.8) is 0 Å². The van der Waals surface area contributed by atoms with E-state index >= 15 is 0 Å². The molecule has 9 heteroatoms. The molecule has 0 atom stereocenters. The first kappa shape index (κ1) is 13.1. The zero-order chi connectivity index (χ0) is 14.3. The molecule has 0 radical (unpaired) electrons. The number of benzene rings is 1. The SMILES string of the molecule is Cn1c(=O)cnn(-c2c(F)cc(Cl)c(O)c2O)c1=O. The lowest BCUT2D eigenvalue weighted by Crippen LogP contribution is -2.38. The molecule has 0 saturated heterocycles. The topological polar surface area (TPSA) is 97.3 Å². The molecule has 19 heavy (non-hydrogen) atoms. The lowest BCUT2D eigenvalue weighted by molar-refractivity contribution is 0.395. The second-order valence-corrected chi connectivity index (χ2v) is 4.03. The molecule has 7 nitrogen and oxygen atoms in total. The zero-order valence-corrected chi connectivity index (χ0v) is 10.2. The molecule has 1 aromatic carbocycles. The molecule has 100 valence electrons. The first-order valence-electron chi connectivity index (χ1n) is 4.90. The molecule has 0 aliphatic carbocycles. The van der Waals surface area contributed by atoms with Crippen molar-refractivity contribution >= 4 is 11.6 Å². The summed E-state index contributed by atoms with van der Waals surface area (Å²) in [5, 5.41) is 22.1. The minimum Gasteiger partial charge on any atom is -0.503 e. The third kappa shape index (κ3) is 1.95. The molecule has 0 fully saturated rings. The van der Waals surface area contributed by atoms with E-state index in [2.05, 4.69) is 5.10 Å². The molecule has 0 aliphatic heterocycles. The largest absolute Gasteiger partial charge is 0.503 e. The van der Waals surface area contributed by atoms with Crippen molar-refractivity contribution in [1.82, 2.24) is 14.3 Å². The monoisotopic (exact) mass is 287 g/mol. The van der Waals surface area contributed by atoms with Crippen LogP contribution in [0.4, 0.5) is 4.39 Å². The third-order valence-corrected chi connectivity index (χ3v) is 2.74. The van der Waals surface area contributed by atoms with Crippen LogP contribution >= 0.6 is 11.6 Å². The Morgan fingerprint density at radius 2 is 1.95 bits per heavy atom. The van der Waals surface area contributed by atoms with Crippen LogP contribution < -0.4 is 11.2 Å². The predicted molar refractivity (Wildman–Crippen MR) is 63.4 cm³/mol. The van der Waals surface area contributed by atoms with Gasteiger partial charge in [-0.1, -0.05) is 11.6 Å². The van der Waals surface area contributed by atoms with Gasteiger partial charge in [-0.15, -0.1) is 0 Å². The molecule has 2 N–H and O–H groups in total. The van der Waals surface area contributed by atoms with Gasteiger partial charge in [-0.3, -0.25) is 9.36 Å². The molecule has 0 amide bonds. The normalized spacial score (nSPS) is 10.7. The van der Waals surface area contributed by atoms with Crippen LogP contribution in [0.25, 0.3) is 5.69 Å². The summed E-state index contributed by atoms with van der Waals surface area (Å²) >= 11 is 5.46. The van der Waals surface area contributed by atoms with Crippen molar-refractivity contribution in [2.45, 2.75) is 0 Å². The first-order valence-corrected chi connectivity index (χ1v) is 5.28. The van der Waals surface area contributed by atoms with Crippen LogP contribution in [-0.2, 0) is 7.05 Å². The van der Waals surface area contributed by atoms with E-state index in [1.54, 1.807) is 0 Å². The van der Waals surface area contributed by atoms with Crippen molar-refractivity contribution in [3.8, 4) is 17.2 Å². The highest BCUT2D eigenvalue weighted by molar-refractivity contribution is 6.32. The number of hydrogen-bond donors (Lipinski definition) is 2. The molecule has 1 aromatic heterocycles. The van der Waals surface area contributed by atoms with Crippen LogP contribution in [0, 0.1) is 5.82 Å². The number of aromatic hydroxyl groups is 2. The fourth-order valence-electron chi connectivity index (χ4n) is 1.42. The van der Waals surface area contributed by atoms with Gasteiger partial charge in [-0.2, -0.15) is 9.78 Å². The van der Waals surface area contributed by atoms with Crippen molar-refractivity contribution in [3.05, 3.63) is 43.9 Å². The molecular formula is C10H7ClFN3O4. The number of halogens is 2. The van der Waals surface area contributed by atoms with Crippen molar-refractivity contribution in [2.75, 3.05) is 0 Å². The summed E-state index contributed by atoms with van der Waals surface area (Å²) in [6, 6.07) is 0.713. The highest BCUT2D eigenvalue weighted by atomic mass is 35.5. The summed E-state index contributed by atoms with van der Waals surface area (Å²) in [7, 11) is 1.16. The summed E-state index contributed by atoms with van der Waals surface area (Å²) < 4.78 is 14.9. The van der Waals surface area contributed by atoms with Crippen molar-refractivity contribution < 1.29 is 14.6 Å². The van der Waals surface area contributed by atoms with Crippen LogP contribution in [0.3, 0.4) is 0 Å². The Bertz CT molecular complexity index is 784. The van der Waals surface area contributed by atoms with E-state index in [1.165, 1.54) is 0 Å². The van der Waals surface area contributed by atoms with Gasteiger partial charge in [0.2, 0.25) is 0 Å². The van der Waals surface area contributed by atoms with E-state index in [1.807, 2.05) is 0 Å². The molecule has 2 aromatic rings. The number of phenolic OH excluding ortho intramolecular Hbond substituents is 2. The van der Waals surface area contributed by atoms with E-state index in [4.69, 9.17) is 11.6 Å². The van der Waals surface area contributed by atoms with Gasteiger partial charge in [0.25, 0.3) is 5.56 Å². The van der Waals surface area contributed by atoms with E-state index in [9.17, 15) is 24.2 Å². The first-order chi connectivity index (χ1) is 8.84. The van der Waals surface area contributed by atoms with Crippen LogP contribution in [0.15, 0.2) is 21.9 Å². The average Bonchev–Trinajstić information content (AvgIpc) is 2.36. The van der Waals surface area contributed by atoms with Gasteiger partial charge in [-0.05, 0) is 6.07 Å². The van der Waals surface area contributed by atoms with E-state index < -0.39 is 39.3 Å². The second-order valence-electron chi connectivity index (χ2n) is 3.62. The Morgan fingerprint density at radius 1 is 1.32 bits per heavy atom. The van der Waals surface area contributed by atoms with Gasteiger partial charge in [0.05, 0.1) is 5.02 Å². The van der Waals surface area contributed by atoms with E-state index in [-0.39, 0.29) is 0 Å². The maximum Gasteiger partial charge on any atom is 0.352 e. The highest BCUT2D eigenvalue weighted by Gasteiger charge is 2.20. The van der Waals surface area contributed by atoms with Gasteiger partial charge in [0.15, 0.2) is 23.0 Å². The molecular weight excluding hydrogens is 281 g/mol. The zero-order valence-electron chi connectivity index (χ0n) is 9.46. The fraction of sp³-hybridized carbons (Fsp3) is 0.100. The molecule has 0 aliphatic rings. The number of phenols is 2. The molecule has 0 bridgehead atoms. The molecule has 2 rings (SSSR count). The third-order valence-electron chi connectivity index (χ3n) is 2.45. The summed E-state index contributed by atoms with van der Waals surface area (Å²) in [5.41, 5.74) is -2.37. The van der Waals surface area contributed by atoms with Crippen molar-refractivity contribution in [1.29, 1.82) is 0 Å². The van der Waals surface area contributed by atoms with Crippen LogP contribution in [0.5, 0.6) is 11.5 Å². The quantitative estimate of drug-likeness (QED) is 0.727. The minimum atomic E-state index is -1.08. The standard InChI is InChI=1S/C10H7ClFN3O4/c1-14-6(16)3-13-15(10(14)19)7-5(12)2-4(11)8(17)9(7)18/h2-3,17-18H,1H3. The Balaban J connectivity index is 2.88. The van der Waals surface area contributed by atoms with Gasteiger partial charge < -0.3 is 10.2 Å². The second kappa shape index (κ2) is 4.39. The highest BCUT2D eigenvalue weighted by Crippen LogP contribution is 2.38. The Labute approximate surface area is 109 Å². The number of rotatable bonds is 1. The summed E-state index contributed by atoms with van der Waals surface area (Å²) in [6.07, 6.45) is 0.770. The van der Waals surface area contributed by atoms with Crippen LogP contribution in [0.1, 0.15) is 0 Å². The maximum absolute atomic E-state index is 13.7. The van der Waals surface area contributed by atoms with Gasteiger partial charge in [-0.25, -0.2) is 9.18 Å². The molecule has 0 unspecified atom stereocenters. The number of nitrogens with zero attached hydrogens (tertiary/aromatic N) is 3. The lowest BCUT2D eigenvalue weighted by Gasteiger charge is -2.10. The average molecular weight is 288 g/mol. The Kier molecular flexibility index (Phi) is 3.03. The lowest BCUT2D eigenvalue weighted by atomic mass is 10.2. The Morgan fingerprint density at radius 3 is 2.58 bits per heavy atom. The predicted octanol–water partition coefficient (Wildman–Crippen LogP) is 0.135.